The lowest BCUT2D eigenvalue weighted by Gasteiger charge is -2.23. The molecule has 1 amide bonds. The van der Waals surface area contributed by atoms with E-state index in [2.05, 4.69) is 32.2 Å². The van der Waals surface area contributed by atoms with Gasteiger partial charge < -0.3 is 14.8 Å². The Hall–Kier alpha value is -2.34. The molecule has 0 saturated heterocycles. The summed E-state index contributed by atoms with van der Waals surface area (Å²) < 4.78 is 11.1. The summed E-state index contributed by atoms with van der Waals surface area (Å²) >= 11 is 1.49. The Morgan fingerprint density at radius 3 is 2.60 bits per heavy atom. The van der Waals surface area contributed by atoms with E-state index >= 15 is 0 Å². The van der Waals surface area contributed by atoms with Crippen molar-refractivity contribution in [2.75, 3.05) is 18.5 Å². The minimum absolute atomic E-state index is 0.0955. The molecular weight excluding hydrogens is 398 g/mol. The van der Waals surface area contributed by atoms with Gasteiger partial charge in [0.05, 0.1) is 12.2 Å². The Balaban J connectivity index is 1.76. The smallest absolute Gasteiger partial charge is 0.341 e. The summed E-state index contributed by atoms with van der Waals surface area (Å²) in [7, 11) is 0. The molecule has 162 valence electrons. The zero-order valence-electron chi connectivity index (χ0n) is 18.5. The first-order chi connectivity index (χ1) is 14.2. The minimum atomic E-state index is -0.360. The van der Waals surface area contributed by atoms with Crippen molar-refractivity contribution in [3.63, 3.8) is 0 Å². The highest BCUT2D eigenvalue weighted by Crippen LogP contribution is 2.38. The summed E-state index contributed by atoms with van der Waals surface area (Å²) in [5.74, 6) is 0.0700. The lowest BCUT2D eigenvalue weighted by Crippen LogP contribution is -2.23. The molecule has 1 aromatic heterocycles. The van der Waals surface area contributed by atoms with Gasteiger partial charge in [0, 0.05) is 4.88 Å². The second-order valence-corrected chi connectivity index (χ2v) is 9.83. The largest absolute Gasteiger partial charge is 0.483 e. The van der Waals surface area contributed by atoms with Crippen molar-refractivity contribution in [2.45, 2.75) is 65.7 Å². The molecule has 2 aromatic rings. The highest BCUT2D eigenvalue weighted by atomic mass is 32.1. The predicted molar refractivity (Wildman–Crippen MR) is 121 cm³/mol. The van der Waals surface area contributed by atoms with Crippen LogP contribution in [-0.4, -0.2) is 25.1 Å². The van der Waals surface area contributed by atoms with Gasteiger partial charge in [-0.1, -0.05) is 38.5 Å². The maximum Gasteiger partial charge on any atom is 0.341 e. The second kappa shape index (κ2) is 9.21. The number of carbonyl (C=O) groups excluding carboxylic acids is 2. The number of benzene rings is 1. The monoisotopic (exact) mass is 429 g/mol. The summed E-state index contributed by atoms with van der Waals surface area (Å²) in [6.45, 7) is 10.4. The highest BCUT2D eigenvalue weighted by Gasteiger charge is 2.27. The third kappa shape index (κ3) is 5.04. The van der Waals surface area contributed by atoms with Crippen LogP contribution in [0.1, 0.15) is 72.5 Å². The van der Waals surface area contributed by atoms with Crippen LogP contribution in [0, 0.1) is 6.92 Å². The average molecular weight is 430 g/mol. The third-order valence-electron chi connectivity index (χ3n) is 5.21. The molecule has 1 N–H and O–H groups in total. The number of esters is 1. The maximum absolute atomic E-state index is 12.7. The van der Waals surface area contributed by atoms with Gasteiger partial charge in [-0.2, -0.15) is 0 Å². The van der Waals surface area contributed by atoms with Crippen molar-refractivity contribution < 1.29 is 19.1 Å². The van der Waals surface area contributed by atoms with E-state index in [1.54, 1.807) is 6.92 Å². The van der Waals surface area contributed by atoms with Gasteiger partial charge in [-0.3, -0.25) is 4.79 Å². The molecule has 1 aliphatic rings. The van der Waals surface area contributed by atoms with Crippen molar-refractivity contribution in [1.29, 1.82) is 0 Å². The number of hydrogen-bond donors (Lipinski definition) is 1. The van der Waals surface area contributed by atoms with Crippen molar-refractivity contribution in [3.05, 3.63) is 45.3 Å². The van der Waals surface area contributed by atoms with Crippen LogP contribution >= 0.6 is 11.3 Å². The first-order valence-corrected chi connectivity index (χ1v) is 11.4. The fraction of sp³-hybridized carbons (Fsp3) is 0.500. The van der Waals surface area contributed by atoms with Gasteiger partial charge in [-0.05, 0) is 62.1 Å². The van der Waals surface area contributed by atoms with Crippen molar-refractivity contribution in [3.8, 4) is 5.75 Å². The molecule has 0 fully saturated rings. The normalized spacial score (nSPS) is 13.5. The van der Waals surface area contributed by atoms with Gasteiger partial charge in [-0.15, -0.1) is 11.3 Å². The van der Waals surface area contributed by atoms with Crippen LogP contribution in [0.2, 0.25) is 0 Å². The van der Waals surface area contributed by atoms with Gasteiger partial charge in [-0.25, -0.2) is 4.79 Å². The summed E-state index contributed by atoms with van der Waals surface area (Å²) in [5.41, 5.74) is 3.68. The number of fused-ring (bicyclic) bond motifs is 1. The first-order valence-electron chi connectivity index (χ1n) is 10.6. The number of ether oxygens (including phenoxy) is 2. The van der Waals surface area contributed by atoms with Crippen LogP contribution in [0.15, 0.2) is 18.2 Å². The van der Waals surface area contributed by atoms with E-state index in [1.165, 1.54) is 16.2 Å². The standard InChI is InChI=1S/C24H31NO4S/c1-6-28-23(27)21-16-9-7-8-10-19(16)30-22(21)25-20(26)14-29-18-12-11-15(2)13-17(18)24(3,4)5/h11-13H,6-10,14H2,1-5H3,(H,25,26). The highest BCUT2D eigenvalue weighted by molar-refractivity contribution is 7.17. The Kier molecular flexibility index (Phi) is 6.86. The lowest BCUT2D eigenvalue weighted by atomic mass is 9.85. The minimum Gasteiger partial charge on any atom is -0.483 e. The molecule has 0 aliphatic heterocycles. The van der Waals surface area contributed by atoms with E-state index in [-0.39, 0.29) is 23.9 Å². The fourth-order valence-corrected chi connectivity index (χ4v) is 5.03. The van der Waals surface area contributed by atoms with Crippen molar-refractivity contribution in [1.82, 2.24) is 0 Å². The molecule has 1 aliphatic carbocycles. The number of rotatable bonds is 6. The molecule has 1 aromatic carbocycles. The van der Waals surface area contributed by atoms with Crippen LogP contribution in [0.4, 0.5) is 5.00 Å². The lowest BCUT2D eigenvalue weighted by molar-refractivity contribution is -0.118. The number of anilines is 1. The number of carbonyl (C=O) groups is 2. The molecule has 6 heteroatoms. The maximum atomic E-state index is 12.7. The quantitative estimate of drug-likeness (QED) is 0.622. The van der Waals surface area contributed by atoms with Crippen molar-refractivity contribution >= 4 is 28.2 Å². The molecule has 0 radical (unpaired) electrons. The molecule has 1 heterocycles. The number of aryl methyl sites for hydroxylation is 2. The number of thiophene rings is 1. The van der Waals surface area contributed by atoms with E-state index < -0.39 is 0 Å². The van der Waals surface area contributed by atoms with E-state index in [1.807, 2.05) is 19.1 Å². The molecule has 0 unspecified atom stereocenters. The van der Waals surface area contributed by atoms with E-state index in [4.69, 9.17) is 9.47 Å². The van der Waals surface area contributed by atoms with Gasteiger partial charge >= 0.3 is 5.97 Å². The van der Waals surface area contributed by atoms with Crippen LogP contribution in [0.25, 0.3) is 0 Å². The summed E-state index contributed by atoms with van der Waals surface area (Å²) in [6, 6.07) is 5.99. The van der Waals surface area contributed by atoms with E-state index in [9.17, 15) is 9.59 Å². The summed E-state index contributed by atoms with van der Waals surface area (Å²) in [4.78, 5) is 26.4. The molecule has 5 nitrogen and oxygen atoms in total. The summed E-state index contributed by atoms with van der Waals surface area (Å²) in [6.07, 6.45) is 3.95. The Labute approximate surface area is 182 Å². The Morgan fingerprint density at radius 1 is 1.17 bits per heavy atom. The Morgan fingerprint density at radius 2 is 1.90 bits per heavy atom. The van der Waals surface area contributed by atoms with Gasteiger partial charge in [0.25, 0.3) is 5.91 Å². The molecule has 0 bridgehead atoms. The van der Waals surface area contributed by atoms with Gasteiger partial charge in [0.2, 0.25) is 0 Å². The predicted octanol–water partition coefficient (Wildman–Crippen LogP) is 5.43. The molecule has 30 heavy (non-hydrogen) atoms. The number of amides is 1. The van der Waals surface area contributed by atoms with Gasteiger partial charge in [0.15, 0.2) is 6.61 Å². The number of nitrogens with one attached hydrogen (secondary N) is 1. The zero-order valence-corrected chi connectivity index (χ0v) is 19.3. The average Bonchev–Trinajstić information content (AvgIpc) is 3.04. The molecule has 3 rings (SSSR count). The van der Waals surface area contributed by atoms with Gasteiger partial charge in [0.1, 0.15) is 10.8 Å². The summed E-state index contributed by atoms with van der Waals surface area (Å²) in [5, 5.41) is 3.48. The van der Waals surface area contributed by atoms with Crippen LogP contribution in [-0.2, 0) is 27.8 Å². The van der Waals surface area contributed by atoms with Crippen LogP contribution in [0.3, 0.4) is 0 Å². The second-order valence-electron chi connectivity index (χ2n) is 8.72. The van der Waals surface area contributed by atoms with E-state index in [0.717, 1.165) is 42.4 Å². The van der Waals surface area contributed by atoms with Crippen LogP contribution in [0.5, 0.6) is 5.75 Å². The SMILES string of the molecule is CCOC(=O)c1c(NC(=O)COc2ccc(C)cc2C(C)(C)C)sc2c1CCCC2. The van der Waals surface area contributed by atoms with Crippen LogP contribution < -0.4 is 10.1 Å². The molecular formula is C24H31NO4S. The number of hydrogen-bond acceptors (Lipinski definition) is 5. The Bertz CT molecular complexity index is 939. The first kappa shape index (κ1) is 22.3. The molecule has 0 spiro atoms. The van der Waals surface area contributed by atoms with Crippen molar-refractivity contribution in [2.24, 2.45) is 0 Å². The van der Waals surface area contributed by atoms with E-state index in [0.29, 0.717) is 22.9 Å². The molecule has 0 saturated carbocycles. The molecule has 0 atom stereocenters. The third-order valence-corrected chi connectivity index (χ3v) is 6.41. The zero-order chi connectivity index (χ0) is 21.9. The topological polar surface area (TPSA) is 64.6 Å². The fourth-order valence-electron chi connectivity index (χ4n) is 3.73.